The van der Waals surface area contributed by atoms with Gasteiger partial charge in [-0.05, 0) is 49.9 Å². The number of rotatable bonds is 6. The number of amides is 1. The van der Waals surface area contributed by atoms with Crippen LogP contribution < -0.4 is 15.8 Å². The number of nitrogens with one attached hydrogen (secondary N) is 1. The van der Waals surface area contributed by atoms with Crippen molar-refractivity contribution in [3.8, 4) is 5.75 Å². The number of carbonyl (C=O) groups excluding carboxylic acids is 1. The number of anilines is 1. The summed E-state index contributed by atoms with van der Waals surface area (Å²) in [4.78, 5) is 10.6. The van der Waals surface area contributed by atoms with Gasteiger partial charge in [0.2, 0.25) is 0 Å². The Kier molecular flexibility index (Phi) is 4.66. The summed E-state index contributed by atoms with van der Waals surface area (Å²) >= 11 is 0. The number of nitrogens with two attached hydrogens (primary N) is 1. The molecule has 3 N–H and O–H groups in total. The van der Waals surface area contributed by atoms with Crippen LogP contribution in [-0.2, 0) is 4.79 Å². The van der Waals surface area contributed by atoms with E-state index in [4.69, 9.17) is 10.5 Å². The topological polar surface area (TPSA) is 64.3 Å². The van der Waals surface area contributed by atoms with E-state index in [1.54, 1.807) is 0 Å². The Morgan fingerprint density at radius 3 is 2.58 bits per heavy atom. The molecule has 0 saturated heterocycles. The largest absolute Gasteiger partial charge is 0.484 e. The average molecular weight is 262 g/mol. The summed E-state index contributed by atoms with van der Waals surface area (Å²) in [6, 6.07) is 8.16. The molecule has 0 aromatic heterocycles. The highest BCUT2D eigenvalue weighted by Crippen LogP contribution is 2.29. The van der Waals surface area contributed by atoms with Crippen molar-refractivity contribution < 1.29 is 9.53 Å². The Labute approximate surface area is 114 Å². The van der Waals surface area contributed by atoms with E-state index in [-0.39, 0.29) is 6.61 Å². The van der Waals surface area contributed by atoms with Gasteiger partial charge >= 0.3 is 0 Å². The molecule has 1 aromatic rings. The van der Waals surface area contributed by atoms with Crippen molar-refractivity contribution in [1.82, 2.24) is 0 Å². The first-order valence-electron chi connectivity index (χ1n) is 6.93. The normalized spacial score (nSPS) is 17.1. The molecule has 4 heteroatoms. The minimum absolute atomic E-state index is 0.0781. The zero-order valence-corrected chi connectivity index (χ0v) is 11.4. The van der Waals surface area contributed by atoms with Crippen molar-refractivity contribution in [2.45, 2.75) is 38.6 Å². The molecule has 1 fully saturated rings. The van der Waals surface area contributed by atoms with Crippen LogP contribution in [0.2, 0.25) is 0 Å². The molecule has 1 aliphatic carbocycles. The third kappa shape index (κ3) is 4.16. The van der Waals surface area contributed by atoms with Gasteiger partial charge in [-0.2, -0.15) is 0 Å². The third-order valence-electron chi connectivity index (χ3n) is 3.74. The van der Waals surface area contributed by atoms with E-state index in [9.17, 15) is 4.79 Å². The van der Waals surface area contributed by atoms with E-state index >= 15 is 0 Å². The lowest BCUT2D eigenvalue weighted by molar-refractivity contribution is -0.119. The van der Waals surface area contributed by atoms with Gasteiger partial charge in [-0.15, -0.1) is 0 Å². The number of carbonyl (C=O) groups is 1. The third-order valence-corrected chi connectivity index (χ3v) is 3.74. The highest BCUT2D eigenvalue weighted by molar-refractivity contribution is 5.75. The molecule has 0 spiro atoms. The highest BCUT2D eigenvalue weighted by Gasteiger charge is 2.21. The second-order valence-corrected chi connectivity index (χ2v) is 5.26. The quantitative estimate of drug-likeness (QED) is 0.828. The van der Waals surface area contributed by atoms with Crippen molar-refractivity contribution >= 4 is 11.6 Å². The number of primary amides is 1. The molecule has 1 aliphatic rings. The van der Waals surface area contributed by atoms with Gasteiger partial charge in [-0.3, -0.25) is 4.79 Å². The summed E-state index contributed by atoms with van der Waals surface area (Å²) in [5.74, 6) is 0.987. The van der Waals surface area contributed by atoms with Crippen LogP contribution in [0.25, 0.3) is 0 Å². The van der Waals surface area contributed by atoms with Crippen molar-refractivity contribution in [3.05, 3.63) is 24.3 Å². The zero-order valence-electron chi connectivity index (χ0n) is 11.4. The number of ether oxygens (including phenoxy) is 1. The average Bonchev–Trinajstić information content (AvgIpc) is 2.92. The number of benzene rings is 1. The first kappa shape index (κ1) is 13.7. The van der Waals surface area contributed by atoms with E-state index in [1.165, 1.54) is 25.7 Å². The van der Waals surface area contributed by atoms with Gasteiger partial charge in [0.05, 0.1) is 0 Å². The standard InChI is InChI=1S/C15H22N2O2/c1-11(12-4-2-3-5-12)17-13-6-8-14(9-7-13)19-10-15(16)18/h6-9,11-12,17H,2-5,10H2,1H3,(H2,16,18). The molecule has 1 atom stereocenters. The molecule has 0 aliphatic heterocycles. The minimum Gasteiger partial charge on any atom is -0.484 e. The van der Waals surface area contributed by atoms with Crippen LogP contribution in [0.5, 0.6) is 5.75 Å². The van der Waals surface area contributed by atoms with E-state index in [2.05, 4.69) is 12.2 Å². The molecule has 104 valence electrons. The van der Waals surface area contributed by atoms with Crippen LogP contribution in [0.1, 0.15) is 32.6 Å². The Hall–Kier alpha value is -1.71. The molecule has 0 radical (unpaired) electrons. The molecule has 1 saturated carbocycles. The fraction of sp³-hybridized carbons (Fsp3) is 0.533. The summed E-state index contributed by atoms with van der Waals surface area (Å²) < 4.78 is 5.22. The molecule has 1 unspecified atom stereocenters. The van der Waals surface area contributed by atoms with Gasteiger partial charge in [0.1, 0.15) is 5.75 Å². The lowest BCUT2D eigenvalue weighted by Crippen LogP contribution is -2.23. The summed E-state index contributed by atoms with van der Waals surface area (Å²) in [5.41, 5.74) is 6.12. The van der Waals surface area contributed by atoms with Gasteiger partial charge in [0.25, 0.3) is 5.91 Å². The molecule has 1 amide bonds. The maximum atomic E-state index is 10.6. The van der Waals surface area contributed by atoms with Gasteiger partial charge in [-0.1, -0.05) is 12.8 Å². The zero-order chi connectivity index (χ0) is 13.7. The second-order valence-electron chi connectivity index (χ2n) is 5.26. The molecular formula is C15H22N2O2. The van der Waals surface area contributed by atoms with Crippen molar-refractivity contribution in [2.24, 2.45) is 11.7 Å². The van der Waals surface area contributed by atoms with Crippen LogP contribution in [-0.4, -0.2) is 18.6 Å². The SMILES string of the molecule is CC(Nc1ccc(OCC(N)=O)cc1)C1CCCC1. The Bertz CT molecular complexity index is 411. The minimum atomic E-state index is -0.461. The van der Waals surface area contributed by atoms with Gasteiger partial charge in [0, 0.05) is 11.7 Å². The summed E-state index contributed by atoms with van der Waals surface area (Å²) in [6.45, 7) is 2.17. The van der Waals surface area contributed by atoms with Crippen LogP contribution in [0, 0.1) is 5.92 Å². The Morgan fingerprint density at radius 2 is 2.00 bits per heavy atom. The van der Waals surface area contributed by atoms with Gasteiger partial charge in [-0.25, -0.2) is 0 Å². The molecule has 4 nitrogen and oxygen atoms in total. The predicted molar refractivity (Wildman–Crippen MR) is 76.2 cm³/mol. The van der Waals surface area contributed by atoms with Crippen LogP contribution in [0.15, 0.2) is 24.3 Å². The Morgan fingerprint density at radius 1 is 1.37 bits per heavy atom. The molecule has 0 heterocycles. The monoisotopic (exact) mass is 262 g/mol. The van der Waals surface area contributed by atoms with Crippen LogP contribution >= 0.6 is 0 Å². The fourth-order valence-electron chi connectivity index (χ4n) is 2.64. The maximum Gasteiger partial charge on any atom is 0.255 e. The smallest absolute Gasteiger partial charge is 0.255 e. The highest BCUT2D eigenvalue weighted by atomic mass is 16.5. The predicted octanol–water partition coefficient (Wildman–Crippen LogP) is 2.54. The van der Waals surface area contributed by atoms with Crippen LogP contribution in [0.4, 0.5) is 5.69 Å². The molecular weight excluding hydrogens is 240 g/mol. The van der Waals surface area contributed by atoms with Gasteiger partial charge < -0.3 is 15.8 Å². The molecule has 1 aromatic carbocycles. The number of hydrogen-bond donors (Lipinski definition) is 2. The van der Waals surface area contributed by atoms with E-state index in [0.717, 1.165) is 11.6 Å². The molecule has 2 rings (SSSR count). The maximum absolute atomic E-state index is 10.6. The van der Waals surface area contributed by atoms with Crippen molar-refractivity contribution in [3.63, 3.8) is 0 Å². The Balaban J connectivity index is 1.85. The van der Waals surface area contributed by atoms with E-state index in [0.29, 0.717) is 11.8 Å². The molecule has 19 heavy (non-hydrogen) atoms. The van der Waals surface area contributed by atoms with E-state index in [1.807, 2.05) is 24.3 Å². The second kappa shape index (κ2) is 6.45. The van der Waals surface area contributed by atoms with Crippen LogP contribution in [0.3, 0.4) is 0 Å². The first-order chi connectivity index (χ1) is 9.15. The fourth-order valence-corrected chi connectivity index (χ4v) is 2.64. The summed E-state index contributed by atoms with van der Waals surface area (Å²) in [5, 5.41) is 3.53. The van der Waals surface area contributed by atoms with Crippen molar-refractivity contribution in [2.75, 3.05) is 11.9 Å². The van der Waals surface area contributed by atoms with Gasteiger partial charge in [0.15, 0.2) is 6.61 Å². The summed E-state index contributed by atoms with van der Waals surface area (Å²) in [7, 11) is 0. The van der Waals surface area contributed by atoms with Crippen molar-refractivity contribution in [1.29, 1.82) is 0 Å². The lowest BCUT2D eigenvalue weighted by Gasteiger charge is -2.21. The lowest BCUT2D eigenvalue weighted by atomic mass is 9.99. The molecule has 0 bridgehead atoms. The summed E-state index contributed by atoms with van der Waals surface area (Å²) in [6.07, 6.45) is 5.37. The van der Waals surface area contributed by atoms with E-state index < -0.39 is 5.91 Å². The number of hydrogen-bond acceptors (Lipinski definition) is 3. The first-order valence-corrected chi connectivity index (χ1v) is 6.93.